The van der Waals surface area contributed by atoms with Gasteiger partial charge in [0.15, 0.2) is 0 Å². The Morgan fingerprint density at radius 3 is 2.48 bits per heavy atom. The maximum Gasteiger partial charge on any atom is 0.267 e. The van der Waals surface area contributed by atoms with Gasteiger partial charge in [0.05, 0.1) is 25.0 Å². The van der Waals surface area contributed by atoms with Crippen molar-refractivity contribution in [3.8, 4) is 17.1 Å². The first kappa shape index (κ1) is 26.7. The van der Waals surface area contributed by atoms with Gasteiger partial charge in [0.2, 0.25) is 17.7 Å². The molecule has 11 heteroatoms. The number of ether oxygens (including phenoxy) is 1. The molecule has 1 amide bonds. The van der Waals surface area contributed by atoms with E-state index in [4.69, 9.17) is 4.74 Å². The number of nitrogens with zero attached hydrogens (tertiary/aromatic N) is 5. The molecule has 1 aliphatic heterocycles. The lowest BCUT2D eigenvalue weighted by Gasteiger charge is -2.39. The fourth-order valence-electron chi connectivity index (χ4n) is 6.27. The average molecular weight is 565 g/mol. The van der Waals surface area contributed by atoms with Crippen LogP contribution in [0.4, 0.5) is 5.95 Å². The first-order chi connectivity index (χ1) is 19.2. The third-order valence-electron chi connectivity index (χ3n) is 8.52. The molecule has 3 fully saturated rings. The number of hydrogen-bond donors (Lipinski definition) is 1. The van der Waals surface area contributed by atoms with Crippen LogP contribution in [0.5, 0.6) is 5.88 Å². The molecule has 2 aromatic heterocycles. The van der Waals surface area contributed by atoms with Crippen LogP contribution in [0, 0.1) is 31.6 Å². The Morgan fingerprint density at radius 1 is 1.07 bits per heavy atom. The highest BCUT2D eigenvalue weighted by atomic mass is 32.2. The van der Waals surface area contributed by atoms with E-state index < -0.39 is 10.0 Å². The van der Waals surface area contributed by atoms with Crippen LogP contribution in [0.1, 0.15) is 49.7 Å². The fraction of sp³-hybridized carbons (Fsp3) is 0.517. The minimum Gasteiger partial charge on any atom is -0.470 e. The molecule has 3 aliphatic rings. The van der Waals surface area contributed by atoms with Gasteiger partial charge < -0.3 is 9.64 Å². The number of nitrogens with one attached hydrogen (secondary N) is 1. The van der Waals surface area contributed by atoms with Gasteiger partial charge in [-0.15, -0.1) is 0 Å². The largest absolute Gasteiger partial charge is 0.470 e. The van der Waals surface area contributed by atoms with E-state index in [-0.39, 0.29) is 34.7 Å². The molecule has 1 N–H and O–H groups in total. The number of sulfonamides is 1. The third-order valence-corrected chi connectivity index (χ3v) is 9.80. The lowest BCUT2D eigenvalue weighted by molar-refractivity contribution is -0.142. The lowest BCUT2D eigenvalue weighted by atomic mass is 9.85. The Kier molecular flexibility index (Phi) is 7.02. The number of anilines is 1. The first-order valence-corrected chi connectivity index (χ1v) is 15.6. The van der Waals surface area contributed by atoms with Crippen molar-refractivity contribution >= 4 is 21.9 Å². The maximum atomic E-state index is 13.1. The Balaban J connectivity index is 1.18. The monoisotopic (exact) mass is 564 g/mol. The molecule has 2 atom stereocenters. The van der Waals surface area contributed by atoms with Crippen LogP contribution in [0.15, 0.2) is 41.6 Å². The van der Waals surface area contributed by atoms with Crippen molar-refractivity contribution in [1.29, 1.82) is 0 Å². The molecule has 10 nitrogen and oxygen atoms in total. The van der Waals surface area contributed by atoms with E-state index in [9.17, 15) is 13.2 Å². The minimum atomic E-state index is -3.95. The van der Waals surface area contributed by atoms with Gasteiger partial charge in [-0.1, -0.05) is 50.3 Å². The summed E-state index contributed by atoms with van der Waals surface area (Å²) in [6.45, 7) is 4.98. The number of rotatable bonds is 8. The van der Waals surface area contributed by atoms with Gasteiger partial charge >= 0.3 is 0 Å². The third kappa shape index (κ3) is 5.43. The second-order valence-corrected chi connectivity index (χ2v) is 13.2. The number of carbonyl (C=O) groups excluding carboxylic acids is 1. The first-order valence-electron chi connectivity index (χ1n) is 14.1. The Labute approximate surface area is 235 Å². The fourth-order valence-corrected chi connectivity index (χ4v) is 7.20. The van der Waals surface area contributed by atoms with E-state index in [0.29, 0.717) is 30.6 Å². The quantitative estimate of drug-likeness (QED) is 0.437. The van der Waals surface area contributed by atoms with Crippen LogP contribution in [0.25, 0.3) is 11.3 Å². The zero-order chi connectivity index (χ0) is 28.0. The summed E-state index contributed by atoms with van der Waals surface area (Å²) in [6, 6.07) is 7.68. The molecule has 3 heterocycles. The molecule has 1 aromatic carbocycles. The molecule has 0 spiro atoms. The van der Waals surface area contributed by atoms with Crippen LogP contribution >= 0.6 is 0 Å². The van der Waals surface area contributed by atoms with Gasteiger partial charge in [-0.2, -0.15) is 10.1 Å². The topological polar surface area (TPSA) is 119 Å². The molecule has 2 saturated carbocycles. The minimum absolute atomic E-state index is 0.0123. The predicted octanol–water partition coefficient (Wildman–Crippen LogP) is 4.10. The van der Waals surface area contributed by atoms with E-state index in [1.165, 1.54) is 49.2 Å². The maximum absolute atomic E-state index is 13.1. The molecule has 0 radical (unpaired) electrons. The Bertz CT molecular complexity index is 1500. The molecule has 40 heavy (non-hydrogen) atoms. The van der Waals surface area contributed by atoms with Crippen LogP contribution in [-0.4, -0.2) is 58.2 Å². The van der Waals surface area contributed by atoms with Crippen molar-refractivity contribution in [2.24, 2.45) is 24.8 Å². The normalized spacial score (nSPS) is 21.6. The molecule has 2 unspecified atom stereocenters. The van der Waals surface area contributed by atoms with Crippen molar-refractivity contribution in [3.05, 3.63) is 47.8 Å². The summed E-state index contributed by atoms with van der Waals surface area (Å²) in [4.78, 5) is 23.9. The van der Waals surface area contributed by atoms with Crippen molar-refractivity contribution < 1.29 is 17.9 Å². The highest BCUT2D eigenvalue weighted by Crippen LogP contribution is 2.50. The lowest BCUT2D eigenvalue weighted by Crippen LogP contribution is -2.56. The summed E-state index contributed by atoms with van der Waals surface area (Å²) in [7, 11) is -2.30. The van der Waals surface area contributed by atoms with Crippen molar-refractivity contribution in [3.63, 3.8) is 0 Å². The van der Waals surface area contributed by atoms with Crippen molar-refractivity contribution in [2.45, 2.75) is 63.4 Å². The zero-order valence-electron chi connectivity index (χ0n) is 23.2. The molecule has 1 saturated heterocycles. The van der Waals surface area contributed by atoms with E-state index in [1.807, 2.05) is 36.9 Å². The summed E-state index contributed by atoms with van der Waals surface area (Å²) in [5.74, 6) is 1.88. The van der Waals surface area contributed by atoms with Crippen LogP contribution in [0.2, 0.25) is 0 Å². The van der Waals surface area contributed by atoms with Crippen LogP contribution in [0.3, 0.4) is 0 Å². The van der Waals surface area contributed by atoms with Gasteiger partial charge in [0.25, 0.3) is 10.0 Å². The second kappa shape index (κ2) is 10.5. The highest BCUT2D eigenvalue weighted by molar-refractivity contribution is 7.92. The van der Waals surface area contributed by atoms with Gasteiger partial charge in [0.1, 0.15) is 11.0 Å². The van der Waals surface area contributed by atoms with Gasteiger partial charge in [-0.05, 0) is 43.2 Å². The molecule has 6 rings (SSSR count). The standard InChI is InChI=1S/C29H36N6O4S/c1-18-8-7-9-19(2)27(18)25-13-26(32-29(31-25)33-40(37,38)22-14-30-34(3)17-22)39-21-15-35(16-21)28(36)24-12-23(24)20-10-5-4-6-11-20/h7-9,13-14,17,20-21,23-24H,4-6,10-12,15-16H2,1-3H3,(H,31,32,33). The van der Waals surface area contributed by atoms with Crippen LogP contribution in [-0.2, 0) is 21.9 Å². The van der Waals surface area contributed by atoms with Crippen LogP contribution < -0.4 is 9.46 Å². The van der Waals surface area contributed by atoms with E-state index in [2.05, 4.69) is 19.8 Å². The zero-order valence-corrected chi connectivity index (χ0v) is 24.0. The van der Waals surface area contributed by atoms with E-state index in [0.717, 1.165) is 23.1 Å². The predicted molar refractivity (Wildman–Crippen MR) is 150 cm³/mol. The van der Waals surface area contributed by atoms with Gasteiger partial charge in [-0.3, -0.25) is 9.48 Å². The molecule has 2 aliphatic carbocycles. The van der Waals surface area contributed by atoms with Gasteiger partial charge in [-0.25, -0.2) is 18.1 Å². The molecule has 0 bridgehead atoms. The SMILES string of the molecule is Cc1cccc(C)c1-c1cc(OC2CN(C(=O)C3CC3C3CCCCC3)C2)nc(NS(=O)(=O)c2cnn(C)c2)n1. The van der Waals surface area contributed by atoms with Gasteiger partial charge in [0, 0.05) is 30.8 Å². The highest BCUT2D eigenvalue weighted by Gasteiger charge is 2.50. The Hall–Kier alpha value is -3.47. The smallest absolute Gasteiger partial charge is 0.267 e. The summed E-state index contributed by atoms with van der Waals surface area (Å²) < 4.78 is 36.1. The van der Waals surface area contributed by atoms with Crippen molar-refractivity contribution in [2.75, 3.05) is 17.8 Å². The molecule has 212 valence electrons. The summed E-state index contributed by atoms with van der Waals surface area (Å²) in [6.07, 6.45) is 9.95. The number of aromatic nitrogens is 4. The second-order valence-electron chi connectivity index (χ2n) is 11.5. The number of amides is 1. The Morgan fingerprint density at radius 2 is 1.80 bits per heavy atom. The number of likely N-dealkylation sites (tertiary alicyclic amines) is 1. The molecule has 3 aromatic rings. The number of benzene rings is 1. The number of carbonyl (C=O) groups is 1. The number of aryl methyl sites for hydroxylation is 3. The van der Waals surface area contributed by atoms with E-state index in [1.54, 1.807) is 13.1 Å². The molecular formula is C29H36N6O4S. The van der Waals surface area contributed by atoms with E-state index >= 15 is 0 Å². The molecular weight excluding hydrogens is 528 g/mol. The van der Waals surface area contributed by atoms with Crippen molar-refractivity contribution in [1.82, 2.24) is 24.6 Å². The average Bonchev–Trinajstić information content (AvgIpc) is 3.57. The number of hydrogen-bond acceptors (Lipinski definition) is 7. The summed E-state index contributed by atoms with van der Waals surface area (Å²) >= 11 is 0. The summed E-state index contributed by atoms with van der Waals surface area (Å²) in [5, 5.41) is 3.96. The summed E-state index contributed by atoms with van der Waals surface area (Å²) in [5.41, 5.74) is 3.46.